The lowest BCUT2D eigenvalue weighted by Gasteiger charge is -2.22. The van der Waals surface area contributed by atoms with E-state index in [9.17, 15) is 9.59 Å². The van der Waals surface area contributed by atoms with Gasteiger partial charge in [0.2, 0.25) is 5.91 Å². The van der Waals surface area contributed by atoms with Crippen molar-refractivity contribution in [1.29, 1.82) is 0 Å². The Kier molecular flexibility index (Phi) is 6.72. The zero-order valence-corrected chi connectivity index (χ0v) is 13.6. The molecule has 0 spiro atoms. The highest BCUT2D eigenvalue weighted by Crippen LogP contribution is 2.16. The maximum absolute atomic E-state index is 11.8. The topological polar surface area (TPSA) is 67.4 Å². The van der Waals surface area contributed by atoms with Crippen LogP contribution in [0.3, 0.4) is 0 Å². The maximum Gasteiger partial charge on any atom is 0.407 e. The number of alkyl carbamates (subject to hydrolysis) is 1. The highest BCUT2D eigenvalue weighted by molar-refractivity contribution is 5.77. The number of nitrogens with one attached hydrogen (secondary N) is 2. The van der Waals surface area contributed by atoms with E-state index >= 15 is 0 Å². The molecule has 5 nitrogen and oxygen atoms in total. The largest absolute Gasteiger partial charge is 0.444 e. The van der Waals surface area contributed by atoms with E-state index in [4.69, 9.17) is 4.74 Å². The second-order valence-electron chi connectivity index (χ2n) is 6.71. The molecule has 1 aliphatic rings. The molecule has 0 unspecified atom stereocenters. The third kappa shape index (κ3) is 8.38. The Morgan fingerprint density at radius 1 is 1.33 bits per heavy atom. The molecule has 0 aromatic carbocycles. The summed E-state index contributed by atoms with van der Waals surface area (Å²) in [5.41, 5.74) is -0.527. The molecular formula is C16H28N2O3. The first-order valence-electron chi connectivity index (χ1n) is 7.67. The van der Waals surface area contributed by atoms with E-state index < -0.39 is 11.7 Å². The number of ether oxygens (including phenoxy) is 1. The first-order valence-corrected chi connectivity index (χ1v) is 7.67. The van der Waals surface area contributed by atoms with Gasteiger partial charge in [-0.2, -0.15) is 0 Å². The molecule has 2 N–H and O–H groups in total. The van der Waals surface area contributed by atoms with Crippen LogP contribution in [0.1, 0.15) is 53.4 Å². The SMILES string of the molecule is C[C@@H](CC(=O)NC[C@@H]1CC=CCC1)NC(=O)OC(C)(C)C. The number of allylic oxidation sites excluding steroid dienone is 2. The summed E-state index contributed by atoms with van der Waals surface area (Å²) in [5, 5.41) is 5.61. The van der Waals surface area contributed by atoms with Crippen LogP contribution in [0.5, 0.6) is 0 Å². The van der Waals surface area contributed by atoms with Gasteiger partial charge in [0.25, 0.3) is 0 Å². The lowest BCUT2D eigenvalue weighted by Crippen LogP contribution is -2.41. The predicted molar refractivity (Wildman–Crippen MR) is 82.9 cm³/mol. The van der Waals surface area contributed by atoms with E-state index in [0.717, 1.165) is 19.3 Å². The van der Waals surface area contributed by atoms with E-state index in [2.05, 4.69) is 22.8 Å². The Bertz CT molecular complexity index is 385. The molecule has 2 amide bonds. The fourth-order valence-electron chi connectivity index (χ4n) is 2.21. The molecule has 1 rings (SSSR count). The summed E-state index contributed by atoms with van der Waals surface area (Å²) >= 11 is 0. The molecule has 1 aliphatic carbocycles. The van der Waals surface area contributed by atoms with Crippen molar-refractivity contribution >= 4 is 12.0 Å². The highest BCUT2D eigenvalue weighted by Gasteiger charge is 2.19. The summed E-state index contributed by atoms with van der Waals surface area (Å²) in [6.45, 7) is 7.93. The van der Waals surface area contributed by atoms with Crippen molar-refractivity contribution < 1.29 is 14.3 Å². The first kappa shape index (κ1) is 17.5. The van der Waals surface area contributed by atoms with Crippen molar-refractivity contribution in [3.05, 3.63) is 12.2 Å². The van der Waals surface area contributed by atoms with Crippen LogP contribution in [0.15, 0.2) is 12.2 Å². The molecule has 21 heavy (non-hydrogen) atoms. The zero-order chi connectivity index (χ0) is 15.9. The molecule has 0 saturated carbocycles. The van der Waals surface area contributed by atoms with Crippen LogP contribution in [-0.4, -0.2) is 30.2 Å². The molecule has 0 aromatic heterocycles. The van der Waals surface area contributed by atoms with Crippen LogP contribution in [0.2, 0.25) is 0 Å². The molecule has 0 aromatic rings. The number of carbonyl (C=O) groups is 2. The lowest BCUT2D eigenvalue weighted by molar-refractivity contribution is -0.121. The van der Waals surface area contributed by atoms with E-state index in [1.54, 1.807) is 6.92 Å². The smallest absolute Gasteiger partial charge is 0.407 e. The standard InChI is InChI=1S/C16H28N2O3/c1-12(18-15(20)21-16(2,3)4)10-14(19)17-11-13-8-6-5-7-9-13/h5-6,12-13H,7-11H2,1-4H3,(H,17,19)(H,18,20)/t12-,13+/m0/s1. The number of amides is 2. The fraction of sp³-hybridized carbons (Fsp3) is 0.750. The summed E-state index contributed by atoms with van der Waals surface area (Å²) in [6, 6.07) is -0.244. The van der Waals surface area contributed by atoms with E-state index in [1.807, 2.05) is 20.8 Å². The number of carbonyl (C=O) groups excluding carboxylic acids is 2. The van der Waals surface area contributed by atoms with Crippen molar-refractivity contribution in [1.82, 2.24) is 10.6 Å². The first-order chi connectivity index (χ1) is 9.76. The zero-order valence-electron chi connectivity index (χ0n) is 13.6. The van der Waals surface area contributed by atoms with Gasteiger partial charge in [-0.15, -0.1) is 0 Å². The minimum atomic E-state index is -0.527. The molecule has 0 saturated heterocycles. The van der Waals surface area contributed by atoms with Gasteiger partial charge >= 0.3 is 6.09 Å². The summed E-state index contributed by atoms with van der Waals surface area (Å²) < 4.78 is 5.16. The molecule has 0 bridgehead atoms. The second kappa shape index (κ2) is 8.05. The maximum atomic E-state index is 11.8. The fourth-order valence-corrected chi connectivity index (χ4v) is 2.21. The van der Waals surface area contributed by atoms with E-state index in [1.165, 1.54) is 0 Å². The van der Waals surface area contributed by atoms with Crippen molar-refractivity contribution in [3.8, 4) is 0 Å². The minimum absolute atomic E-state index is 0.0342. The minimum Gasteiger partial charge on any atom is -0.444 e. The monoisotopic (exact) mass is 296 g/mol. The summed E-state index contributed by atoms with van der Waals surface area (Å²) in [4.78, 5) is 23.4. The molecular weight excluding hydrogens is 268 g/mol. The Balaban J connectivity index is 2.21. The van der Waals surface area contributed by atoms with Gasteiger partial charge in [-0.3, -0.25) is 4.79 Å². The normalized spacial score (nSPS) is 19.7. The Morgan fingerprint density at radius 3 is 2.62 bits per heavy atom. The van der Waals surface area contributed by atoms with Gasteiger partial charge in [-0.1, -0.05) is 12.2 Å². The Labute approximate surface area is 127 Å². The Hall–Kier alpha value is -1.52. The average Bonchev–Trinajstić information content (AvgIpc) is 2.35. The van der Waals surface area contributed by atoms with Gasteiger partial charge < -0.3 is 15.4 Å². The van der Waals surface area contributed by atoms with Crippen LogP contribution < -0.4 is 10.6 Å². The molecule has 120 valence electrons. The van der Waals surface area contributed by atoms with E-state index in [0.29, 0.717) is 12.5 Å². The molecule has 0 aliphatic heterocycles. The van der Waals surface area contributed by atoms with Crippen LogP contribution in [0, 0.1) is 5.92 Å². The summed E-state index contributed by atoms with van der Waals surface area (Å²) in [6.07, 6.45) is 7.39. The van der Waals surface area contributed by atoms with Crippen molar-refractivity contribution in [2.45, 2.75) is 65.0 Å². The van der Waals surface area contributed by atoms with Crippen LogP contribution >= 0.6 is 0 Å². The highest BCUT2D eigenvalue weighted by atomic mass is 16.6. The van der Waals surface area contributed by atoms with Gasteiger partial charge in [-0.05, 0) is 52.9 Å². The van der Waals surface area contributed by atoms with Gasteiger partial charge in [0, 0.05) is 19.0 Å². The third-order valence-electron chi connectivity index (χ3n) is 3.22. The number of rotatable bonds is 5. The molecule has 0 fully saturated rings. The van der Waals surface area contributed by atoms with Crippen molar-refractivity contribution in [2.75, 3.05) is 6.54 Å². The predicted octanol–water partition coefficient (Wildman–Crippen LogP) is 2.76. The van der Waals surface area contributed by atoms with Gasteiger partial charge in [0.1, 0.15) is 5.60 Å². The van der Waals surface area contributed by atoms with Crippen LogP contribution in [-0.2, 0) is 9.53 Å². The van der Waals surface area contributed by atoms with Gasteiger partial charge in [-0.25, -0.2) is 4.79 Å². The molecule has 0 heterocycles. The molecule has 5 heteroatoms. The van der Waals surface area contributed by atoms with Gasteiger partial charge in [0.15, 0.2) is 0 Å². The van der Waals surface area contributed by atoms with E-state index in [-0.39, 0.29) is 18.4 Å². The number of hydrogen-bond donors (Lipinski definition) is 2. The Morgan fingerprint density at radius 2 is 2.05 bits per heavy atom. The molecule has 0 radical (unpaired) electrons. The van der Waals surface area contributed by atoms with Crippen molar-refractivity contribution in [3.63, 3.8) is 0 Å². The average molecular weight is 296 g/mol. The molecule has 2 atom stereocenters. The second-order valence-corrected chi connectivity index (χ2v) is 6.71. The third-order valence-corrected chi connectivity index (χ3v) is 3.22. The summed E-state index contributed by atoms with van der Waals surface area (Å²) in [7, 11) is 0. The van der Waals surface area contributed by atoms with Gasteiger partial charge in [0.05, 0.1) is 0 Å². The summed E-state index contributed by atoms with van der Waals surface area (Å²) in [5.74, 6) is 0.501. The number of hydrogen-bond acceptors (Lipinski definition) is 3. The van der Waals surface area contributed by atoms with Crippen LogP contribution in [0.4, 0.5) is 4.79 Å². The van der Waals surface area contributed by atoms with Crippen molar-refractivity contribution in [2.24, 2.45) is 5.92 Å². The quantitative estimate of drug-likeness (QED) is 0.767. The van der Waals surface area contributed by atoms with Crippen LogP contribution in [0.25, 0.3) is 0 Å². The lowest BCUT2D eigenvalue weighted by atomic mass is 9.94.